The molecule has 0 aliphatic heterocycles. The molecule has 2 aromatic carbocycles. The van der Waals surface area contributed by atoms with E-state index in [0.717, 1.165) is 47.0 Å². The summed E-state index contributed by atoms with van der Waals surface area (Å²) in [4.78, 5) is 30.0. The molecule has 0 spiro atoms. The summed E-state index contributed by atoms with van der Waals surface area (Å²) in [7, 11) is 0. The maximum atomic E-state index is 13.3. The number of halogens is 2. The van der Waals surface area contributed by atoms with Crippen LogP contribution in [0.4, 0.5) is 13.9 Å². The molecular formula is C27H29F2N3O3S. The van der Waals surface area contributed by atoms with Gasteiger partial charge in [-0.25, -0.2) is 13.8 Å². The summed E-state index contributed by atoms with van der Waals surface area (Å²) in [6.45, 7) is 2.10. The van der Waals surface area contributed by atoms with Crippen LogP contribution in [0, 0.1) is 11.6 Å². The first-order chi connectivity index (χ1) is 17.4. The summed E-state index contributed by atoms with van der Waals surface area (Å²) in [5.74, 6) is -2.48. The number of hydrogen-bond donors (Lipinski definition) is 2. The molecule has 0 radical (unpaired) electrons. The van der Waals surface area contributed by atoms with Gasteiger partial charge in [0.15, 0.2) is 5.13 Å². The quantitative estimate of drug-likeness (QED) is 0.389. The second-order valence-electron chi connectivity index (χ2n) is 9.03. The van der Waals surface area contributed by atoms with E-state index in [1.54, 1.807) is 6.20 Å². The average Bonchev–Trinajstić information content (AvgIpc) is 3.31. The molecule has 1 aliphatic carbocycles. The van der Waals surface area contributed by atoms with E-state index < -0.39 is 29.5 Å². The normalized spacial score (nSPS) is 14.9. The van der Waals surface area contributed by atoms with Crippen LogP contribution in [0.2, 0.25) is 0 Å². The Morgan fingerprint density at radius 3 is 2.58 bits per heavy atom. The molecule has 2 N–H and O–H groups in total. The molecular weight excluding hydrogens is 484 g/mol. The molecule has 2 amide bonds. The molecule has 1 atom stereocenters. The number of rotatable bonds is 9. The van der Waals surface area contributed by atoms with Crippen molar-refractivity contribution < 1.29 is 23.1 Å². The molecule has 190 valence electrons. The van der Waals surface area contributed by atoms with E-state index in [-0.39, 0.29) is 12.0 Å². The molecule has 1 heterocycles. The van der Waals surface area contributed by atoms with Gasteiger partial charge in [-0.15, -0.1) is 0 Å². The number of carbonyl (C=O) groups is 2. The molecule has 4 rings (SSSR count). The first-order valence-electron chi connectivity index (χ1n) is 12.1. The highest BCUT2D eigenvalue weighted by molar-refractivity contribution is 7.19. The molecule has 36 heavy (non-hydrogen) atoms. The van der Waals surface area contributed by atoms with Gasteiger partial charge in [-0.3, -0.25) is 9.59 Å². The predicted octanol–water partition coefficient (Wildman–Crippen LogP) is 5.62. The van der Waals surface area contributed by atoms with Gasteiger partial charge in [0.2, 0.25) is 11.8 Å². The zero-order chi connectivity index (χ0) is 25.5. The number of carbonyl (C=O) groups excluding carboxylic acids is 2. The number of thiazole rings is 1. The minimum Gasteiger partial charge on any atom is -0.374 e. The van der Waals surface area contributed by atoms with E-state index in [1.807, 2.05) is 18.2 Å². The topological polar surface area (TPSA) is 80.3 Å². The fraction of sp³-hybridized carbons (Fsp3) is 0.370. The Kier molecular flexibility index (Phi) is 8.77. The van der Waals surface area contributed by atoms with Crippen molar-refractivity contribution in [3.63, 3.8) is 0 Å². The van der Waals surface area contributed by atoms with E-state index >= 15 is 0 Å². The largest absolute Gasteiger partial charge is 0.374 e. The van der Waals surface area contributed by atoms with Gasteiger partial charge in [0, 0.05) is 12.3 Å². The van der Waals surface area contributed by atoms with Crippen LogP contribution in [-0.2, 0) is 27.4 Å². The van der Waals surface area contributed by atoms with Crippen molar-refractivity contribution in [3.8, 4) is 10.4 Å². The summed E-state index contributed by atoms with van der Waals surface area (Å²) in [5.41, 5.74) is 2.27. The highest BCUT2D eigenvalue weighted by Gasteiger charge is 2.18. The SMILES string of the molecule is C[C@H](NC(=O)Cc1cc(F)cc(F)c1)C(=O)Nc1ncc(-c2cccc(COC3CCCCC3)c2)s1. The third-order valence-electron chi connectivity index (χ3n) is 6.04. The van der Waals surface area contributed by atoms with Gasteiger partial charge in [0.05, 0.1) is 24.0 Å². The number of amides is 2. The summed E-state index contributed by atoms with van der Waals surface area (Å²) in [6.07, 6.45) is 7.80. The number of ether oxygens (including phenoxy) is 1. The Labute approximate surface area is 213 Å². The third-order valence-corrected chi connectivity index (χ3v) is 7.00. The monoisotopic (exact) mass is 513 g/mol. The smallest absolute Gasteiger partial charge is 0.248 e. The van der Waals surface area contributed by atoms with Crippen LogP contribution >= 0.6 is 11.3 Å². The van der Waals surface area contributed by atoms with Gasteiger partial charge in [0.25, 0.3) is 0 Å². The van der Waals surface area contributed by atoms with Crippen molar-refractivity contribution in [2.75, 3.05) is 5.32 Å². The fourth-order valence-corrected chi connectivity index (χ4v) is 5.01. The van der Waals surface area contributed by atoms with Crippen molar-refractivity contribution in [1.29, 1.82) is 0 Å². The Hall–Kier alpha value is -3.17. The van der Waals surface area contributed by atoms with Crippen LogP contribution < -0.4 is 10.6 Å². The van der Waals surface area contributed by atoms with E-state index in [0.29, 0.717) is 17.8 Å². The Morgan fingerprint density at radius 2 is 1.83 bits per heavy atom. The molecule has 0 saturated heterocycles. The standard InChI is InChI=1S/C27H29F2N3O3S/c1-17(31-25(33)13-19-11-21(28)14-22(29)12-19)26(34)32-27-30-15-24(36-27)20-7-5-6-18(10-20)16-35-23-8-3-2-4-9-23/h5-7,10-12,14-15,17,23H,2-4,8-9,13,16H2,1H3,(H,31,33)(H,30,32,34)/t17-/m0/s1. The van der Waals surface area contributed by atoms with Crippen LogP contribution in [0.3, 0.4) is 0 Å². The highest BCUT2D eigenvalue weighted by atomic mass is 32.1. The number of hydrogen-bond acceptors (Lipinski definition) is 5. The van der Waals surface area contributed by atoms with Gasteiger partial charge in [-0.2, -0.15) is 0 Å². The summed E-state index contributed by atoms with van der Waals surface area (Å²) >= 11 is 1.33. The summed E-state index contributed by atoms with van der Waals surface area (Å²) < 4.78 is 32.7. The maximum absolute atomic E-state index is 13.3. The molecule has 3 aromatic rings. The Bertz CT molecular complexity index is 1190. The molecule has 0 unspecified atom stereocenters. The van der Waals surface area contributed by atoms with E-state index in [2.05, 4.69) is 21.7 Å². The maximum Gasteiger partial charge on any atom is 0.248 e. The zero-order valence-electron chi connectivity index (χ0n) is 20.1. The first kappa shape index (κ1) is 25.9. The molecule has 0 bridgehead atoms. The first-order valence-corrected chi connectivity index (χ1v) is 12.9. The van der Waals surface area contributed by atoms with Gasteiger partial charge in [0.1, 0.15) is 17.7 Å². The van der Waals surface area contributed by atoms with E-state index in [4.69, 9.17) is 4.74 Å². The van der Waals surface area contributed by atoms with E-state index in [9.17, 15) is 18.4 Å². The van der Waals surface area contributed by atoms with Gasteiger partial charge in [-0.05, 0) is 54.7 Å². The van der Waals surface area contributed by atoms with Crippen molar-refractivity contribution in [3.05, 3.63) is 71.4 Å². The molecule has 1 aliphatic rings. The summed E-state index contributed by atoms with van der Waals surface area (Å²) in [5, 5.41) is 5.66. The minimum absolute atomic E-state index is 0.188. The number of aromatic nitrogens is 1. The number of anilines is 1. The van der Waals surface area contributed by atoms with Crippen molar-refractivity contribution in [2.24, 2.45) is 0 Å². The predicted molar refractivity (Wildman–Crippen MR) is 136 cm³/mol. The van der Waals surface area contributed by atoms with Crippen LogP contribution in [-0.4, -0.2) is 28.9 Å². The third kappa shape index (κ3) is 7.41. The molecule has 1 fully saturated rings. The second kappa shape index (κ2) is 12.2. The lowest BCUT2D eigenvalue weighted by Gasteiger charge is -2.22. The number of nitrogens with zero attached hydrogens (tertiary/aromatic N) is 1. The van der Waals surface area contributed by atoms with Crippen molar-refractivity contribution in [2.45, 2.75) is 64.2 Å². The highest BCUT2D eigenvalue weighted by Crippen LogP contribution is 2.30. The minimum atomic E-state index is -0.858. The summed E-state index contributed by atoms with van der Waals surface area (Å²) in [6, 6.07) is 10.1. The van der Waals surface area contributed by atoms with Crippen LogP contribution in [0.5, 0.6) is 0 Å². The number of benzene rings is 2. The number of nitrogens with one attached hydrogen (secondary N) is 2. The fourth-order valence-electron chi connectivity index (χ4n) is 4.20. The molecule has 1 aromatic heterocycles. The van der Waals surface area contributed by atoms with Gasteiger partial charge in [-0.1, -0.05) is 48.8 Å². The molecule has 9 heteroatoms. The lowest BCUT2D eigenvalue weighted by atomic mass is 9.98. The van der Waals surface area contributed by atoms with Crippen LogP contribution in [0.15, 0.2) is 48.7 Å². The molecule has 1 saturated carbocycles. The molecule has 6 nitrogen and oxygen atoms in total. The average molecular weight is 514 g/mol. The van der Waals surface area contributed by atoms with Crippen molar-refractivity contribution in [1.82, 2.24) is 10.3 Å². The second-order valence-corrected chi connectivity index (χ2v) is 10.1. The Balaban J connectivity index is 1.29. The van der Waals surface area contributed by atoms with Crippen LogP contribution in [0.25, 0.3) is 10.4 Å². The van der Waals surface area contributed by atoms with Gasteiger partial charge < -0.3 is 15.4 Å². The van der Waals surface area contributed by atoms with Crippen LogP contribution in [0.1, 0.15) is 50.2 Å². The lowest BCUT2D eigenvalue weighted by Crippen LogP contribution is -2.42. The van der Waals surface area contributed by atoms with Gasteiger partial charge >= 0.3 is 0 Å². The lowest BCUT2D eigenvalue weighted by molar-refractivity contribution is -0.125. The Morgan fingerprint density at radius 1 is 1.08 bits per heavy atom. The van der Waals surface area contributed by atoms with E-state index in [1.165, 1.54) is 37.5 Å². The zero-order valence-corrected chi connectivity index (χ0v) is 20.9. The van der Waals surface area contributed by atoms with Crippen molar-refractivity contribution >= 4 is 28.3 Å².